The largest absolute Gasteiger partial charge is 0.438 e. The molecule has 0 saturated carbocycles. The van der Waals surface area contributed by atoms with Crippen LogP contribution in [0.3, 0.4) is 0 Å². The Morgan fingerprint density at radius 1 is 1.22 bits per heavy atom. The molecular weight excluding hydrogens is 408 g/mol. The van der Waals surface area contributed by atoms with E-state index in [4.69, 9.17) is 4.74 Å². The summed E-state index contributed by atoms with van der Waals surface area (Å²) in [5.41, 5.74) is 4.05. The summed E-state index contributed by atoms with van der Waals surface area (Å²) in [6, 6.07) is 14.1. The van der Waals surface area contributed by atoms with E-state index in [1.165, 1.54) is 23.4 Å². The highest BCUT2D eigenvalue weighted by atomic mass is 16.6. The zero-order valence-corrected chi connectivity index (χ0v) is 17.5. The number of benzene rings is 2. The van der Waals surface area contributed by atoms with Crippen molar-refractivity contribution in [1.29, 1.82) is 0 Å². The second kappa shape index (κ2) is 8.18. The molecule has 162 valence electrons. The Morgan fingerprint density at radius 2 is 2.12 bits per heavy atom. The number of hydrogen-bond acceptors (Lipinski definition) is 7. The maximum absolute atomic E-state index is 11.1. The molecule has 1 aliphatic rings. The van der Waals surface area contributed by atoms with Gasteiger partial charge in [0.1, 0.15) is 11.4 Å². The van der Waals surface area contributed by atoms with E-state index in [1.54, 1.807) is 18.3 Å². The van der Waals surface area contributed by atoms with Crippen molar-refractivity contribution in [2.45, 2.75) is 19.8 Å². The van der Waals surface area contributed by atoms with E-state index in [-0.39, 0.29) is 5.69 Å². The van der Waals surface area contributed by atoms with Crippen molar-refractivity contribution >= 4 is 34.0 Å². The van der Waals surface area contributed by atoms with Gasteiger partial charge in [0.15, 0.2) is 0 Å². The average Bonchev–Trinajstić information content (AvgIpc) is 3.41. The number of nitro benzene ring substituents is 1. The molecule has 0 bridgehead atoms. The number of aromatic amines is 1. The van der Waals surface area contributed by atoms with E-state index < -0.39 is 4.92 Å². The van der Waals surface area contributed by atoms with Gasteiger partial charge in [-0.3, -0.25) is 10.1 Å². The molecule has 0 aliphatic carbocycles. The number of ether oxygens (including phenoxy) is 1. The van der Waals surface area contributed by atoms with Crippen LogP contribution in [-0.2, 0) is 6.42 Å². The molecule has 32 heavy (non-hydrogen) atoms. The third-order valence-corrected chi connectivity index (χ3v) is 5.44. The molecule has 3 heterocycles. The maximum atomic E-state index is 11.1. The Bertz CT molecular complexity index is 1300. The fraction of sp³-hybridized carbons (Fsp3) is 0.217. The van der Waals surface area contributed by atoms with E-state index in [0.29, 0.717) is 28.6 Å². The first-order chi connectivity index (χ1) is 15.6. The third-order valence-electron chi connectivity index (χ3n) is 5.44. The van der Waals surface area contributed by atoms with Crippen molar-refractivity contribution in [3.8, 4) is 11.6 Å². The molecule has 9 heteroatoms. The van der Waals surface area contributed by atoms with Gasteiger partial charge in [0, 0.05) is 36.7 Å². The summed E-state index contributed by atoms with van der Waals surface area (Å²) in [4.78, 5) is 25.2. The third kappa shape index (κ3) is 3.80. The molecule has 0 radical (unpaired) electrons. The zero-order chi connectivity index (χ0) is 22.1. The number of rotatable bonds is 7. The molecule has 2 aromatic heterocycles. The summed E-state index contributed by atoms with van der Waals surface area (Å²) in [7, 11) is 0. The van der Waals surface area contributed by atoms with Crippen LogP contribution in [-0.4, -0.2) is 33.0 Å². The van der Waals surface area contributed by atoms with E-state index in [9.17, 15) is 10.1 Å². The van der Waals surface area contributed by atoms with Crippen molar-refractivity contribution in [3.63, 3.8) is 0 Å². The highest BCUT2D eigenvalue weighted by molar-refractivity contribution is 5.83. The van der Waals surface area contributed by atoms with Crippen LogP contribution in [0.5, 0.6) is 11.6 Å². The van der Waals surface area contributed by atoms with Gasteiger partial charge in [0.25, 0.3) is 5.69 Å². The number of aromatic nitrogens is 3. The number of fused-ring (bicyclic) bond motifs is 2. The van der Waals surface area contributed by atoms with Gasteiger partial charge in [-0.15, -0.1) is 0 Å². The maximum Gasteiger partial charge on any atom is 0.273 e. The molecule has 0 atom stereocenters. The van der Waals surface area contributed by atoms with Gasteiger partial charge in [0.05, 0.1) is 16.4 Å². The highest BCUT2D eigenvalue weighted by Gasteiger charge is 2.19. The van der Waals surface area contributed by atoms with Crippen LogP contribution in [0.25, 0.3) is 11.0 Å². The summed E-state index contributed by atoms with van der Waals surface area (Å²) < 4.78 is 5.91. The second-order valence-electron chi connectivity index (χ2n) is 7.65. The average molecular weight is 430 g/mol. The van der Waals surface area contributed by atoms with Gasteiger partial charge >= 0.3 is 0 Å². The Morgan fingerprint density at radius 3 is 2.97 bits per heavy atom. The van der Waals surface area contributed by atoms with Crippen LogP contribution in [0, 0.1) is 10.1 Å². The molecule has 1 aliphatic heterocycles. The summed E-state index contributed by atoms with van der Waals surface area (Å²) in [6.45, 7) is 4.29. The van der Waals surface area contributed by atoms with Crippen molar-refractivity contribution in [2.75, 3.05) is 23.3 Å². The van der Waals surface area contributed by atoms with Crippen LogP contribution in [0.2, 0.25) is 0 Å². The first kappa shape index (κ1) is 19.8. The van der Waals surface area contributed by atoms with Crippen LogP contribution in [0.15, 0.2) is 54.7 Å². The van der Waals surface area contributed by atoms with Crippen LogP contribution in [0.4, 0.5) is 23.0 Å². The molecule has 4 aromatic rings. The van der Waals surface area contributed by atoms with Crippen molar-refractivity contribution in [1.82, 2.24) is 15.0 Å². The quantitative estimate of drug-likeness (QED) is 0.307. The van der Waals surface area contributed by atoms with Crippen molar-refractivity contribution in [2.24, 2.45) is 0 Å². The Kier molecular flexibility index (Phi) is 5.06. The minimum absolute atomic E-state index is 0.0459. The van der Waals surface area contributed by atoms with Crippen molar-refractivity contribution in [3.05, 3.63) is 70.4 Å². The van der Waals surface area contributed by atoms with E-state index in [1.807, 2.05) is 12.1 Å². The molecule has 0 spiro atoms. The predicted octanol–water partition coefficient (Wildman–Crippen LogP) is 5.17. The lowest BCUT2D eigenvalue weighted by Crippen LogP contribution is -2.20. The van der Waals surface area contributed by atoms with Crippen LogP contribution in [0.1, 0.15) is 18.9 Å². The normalized spacial score (nSPS) is 12.7. The molecule has 9 nitrogen and oxygen atoms in total. The lowest BCUT2D eigenvalue weighted by atomic mass is 10.1. The second-order valence-corrected chi connectivity index (χ2v) is 7.65. The Hall–Kier alpha value is -4.14. The van der Waals surface area contributed by atoms with E-state index >= 15 is 0 Å². The number of H-pyrrole nitrogens is 1. The molecule has 0 fully saturated rings. The Balaban J connectivity index is 1.44. The molecule has 0 saturated heterocycles. The minimum atomic E-state index is -0.457. The summed E-state index contributed by atoms with van der Waals surface area (Å²) in [6.07, 6.45) is 3.89. The van der Waals surface area contributed by atoms with Gasteiger partial charge in [-0.2, -0.15) is 9.97 Å². The number of nitro groups is 1. The number of anilines is 3. The number of nitrogens with one attached hydrogen (secondary N) is 2. The standard InChI is InChI=1S/C23H22N6O3/c1-2-11-28-12-9-15-13-16(6-7-20(15)28)25-23-26-21-19(8-10-24-21)22(27-23)32-18-5-3-4-17(14-18)29(30)31/h3-8,10,13-14H,2,9,11-12H2,1H3,(H2,24,25,26,27). The van der Waals surface area contributed by atoms with Crippen molar-refractivity contribution < 1.29 is 9.66 Å². The summed E-state index contributed by atoms with van der Waals surface area (Å²) in [5, 5.41) is 15.0. The van der Waals surface area contributed by atoms with Gasteiger partial charge in [-0.05, 0) is 48.7 Å². The lowest BCUT2D eigenvalue weighted by molar-refractivity contribution is -0.384. The van der Waals surface area contributed by atoms with E-state index in [2.05, 4.69) is 44.2 Å². The molecule has 0 unspecified atom stereocenters. The molecular formula is C23H22N6O3. The number of hydrogen-bond donors (Lipinski definition) is 2. The summed E-state index contributed by atoms with van der Waals surface area (Å²) in [5.74, 6) is 1.03. The molecule has 2 aromatic carbocycles. The summed E-state index contributed by atoms with van der Waals surface area (Å²) >= 11 is 0. The molecule has 0 amide bonds. The first-order valence-electron chi connectivity index (χ1n) is 10.5. The van der Waals surface area contributed by atoms with E-state index in [0.717, 1.165) is 31.6 Å². The lowest BCUT2D eigenvalue weighted by Gasteiger charge is -2.18. The zero-order valence-electron chi connectivity index (χ0n) is 17.5. The van der Waals surface area contributed by atoms with Crippen LogP contribution < -0.4 is 15.0 Å². The first-order valence-corrected chi connectivity index (χ1v) is 10.5. The van der Waals surface area contributed by atoms with Crippen LogP contribution >= 0.6 is 0 Å². The number of nitrogens with zero attached hydrogens (tertiary/aromatic N) is 4. The fourth-order valence-electron chi connectivity index (χ4n) is 4.00. The predicted molar refractivity (Wildman–Crippen MR) is 123 cm³/mol. The van der Waals surface area contributed by atoms with Gasteiger partial charge < -0.3 is 19.9 Å². The van der Waals surface area contributed by atoms with Gasteiger partial charge in [-0.1, -0.05) is 13.0 Å². The SMILES string of the molecule is CCCN1CCc2cc(Nc3nc(Oc4cccc([N+](=O)[O-])c4)c4cc[nH]c4n3)ccc21. The molecule has 5 rings (SSSR count). The fourth-order valence-corrected chi connectivity index (χ4v) is 4.00. The molecule has 2 N–H and O–H groups in total. The monoisotopic (exact) mass is 430 g/mol. The number of non-ortho nitro benzene ring substituents is 1. The smallest absolute Gasteiger partial charge is 0.273 e. The van der Waals surface area contributed by atoms with Gasteiger partial charge in [0.2, 0.25) is 11.8 Å². The minimum Gasteiger partial charge on any atom is -0.438 e. The Labute approximate surface area is 184 Å². The topological polar surface area (TPSA) is 109 Å². The van der Waals surface area contributed by atoms with Gasteiger partial charge in [-0.25, -0.2) is 0 Å². The highest BCUT2D eigenvalue weighted by Crippen LogP contribution is 2.33.